The van der Waals surface area contributed by atoms with Gasteiger partial charge >= 0.3 is 5.97 Å². The molecule has 0 bridgehead atoms. The summed E-state index contributed by atoms with van der Waals surface area (Å²) in [7, 11) is -3.60. The summed E-state index contributed by atoms with van der Waals surface area (Å²) in [4.78, 5) is 14.7. The highest BCUT2D eigenvalue weighted by atomic mass is 32.2. The first-order valence-electron chi connectivity index (χ1n) is 6.06. The van der Waals surface area contributed by atoms with E-state index in [0.29, 0.717) is 12.8 Å². The minimum atomic E-state index is -3.60. The van der Waals surface area contributed by atoms with Gasteiger partial charge in [-0.15, -0.1) is 0 Å². The summed E-state index contributed by atoms with van der Waals surface area (Å²) in [5, 5.41) is 8.92. The molecule has 1 unspecified atom stereocenters. The first-order valence-corrected chi connectivity index (χ1v) is 7.71. The molecule has 0 aliphatic carbocycles. The van der Waals surface area contributed by atoms with Crippen molar-refractivity contribution in [1.29, 1.82) is 0 Å². The molecule has 6 nitrogen and oxygen atoms in total. The number of carboxylic acid groups (broad SMARTS) is 1. The number of hydrogen-bond acceptors (Lipinski definition) is 4. The molecule has 0 aromatic carbocycles. The fourth-order valence-corrected chi connectivity index (χ4v) is 2.87. The van der Waals surface area contributed by atoms with Crippen molar-refractivity contribution >= 4 is 16.0 Å². The van der Waals surface area contributed by atoms with Crippen molar-refractivity contribution in [3.63, 3.8) is 0 Å². The molecule has 1 atom stereocenters. The maximum atomic E-state index is 11.8. The Morgan fingerprint density at radius 1 is 1.42 bits per heavy atom. The van der Waals surface area contributed by atoms with E-state index in [4.69, 9.17) is 5.11 Å². The quantitative estimate of drug-likeness (QED) is 0.736. The van der Waals surface area contributed by atoms with E-state index < -0.39 is 22.0 Å². The van der Waals surface area contributed by atoms with E-state index in [2.05, 4.69) is 9.71 Å². The Bertz CT molecular complexity index is 502. The van der Waals surface area contributed by atoms with Crippen LogP contribution < -0.4 is 4.72 Å². The zero-order chi connectivity index (χ0) is 14.3. The summed E-state index contributed by atoms with van der Waals surface area (Å²) in [6.07, 6.45) is 4.39. The van der Waals surface area contributed by atoms with Crippen LogP contribution in [0.1, 0.15) is 25.3 Å². The Morgan fingerprint density at radius 3 is 2.58 bits per heavy atom. The summed E-state index contributed by atoms with van der Waals surface area (Å²) < 4.78 is 25.8. The number of nitrogens with zero attached hydrogens (tertiary/aromatic N) is 1. The van der Waals surface area contributed by atoms with Crippen LogP contribution in [0.5, 0.6) is 0 Å². The standard InChI is InChI=1S/C12H18N2O4S/c1-2-3-11(12(15)16)14-19(17,18)9-6-10-4-7-13-8-5-10/h4-5,7-8,11,14H,2-3,6,9H2,1H3,(H,15,16). The second-order valence-corrected chi connectivity index (χ2v) is 6.10. The topological polar surface area (TPSA) is 96.4 Å². The SMILES string of the molecule is CCCC(NS(=O)(=O)CCc1ccncc1)C(=O)O. The summed E-state index contributed by atoms with van der Waals surface area (Å²) >= 11 is 0. The Labute approximate surface area is 112 Å². The van der Waals surface area contributed by atoms with Gasteiger partial charge in [0.25, 0.3) is 0 Å². The molecule has 1 heterocycles. The summed E-state index contributed by atoms with van der Waals surface area (Å²) in [5.74, 6) is -1.28. The van der Waals surface area contributed by atoms with Crippen molar-refractivity contribution in [2.75, 3.05) is 5.75 Å². The number of pyridine rings is 1. The lowest BCUT2D eigenvalue weighted by molar-refractivity contribution is -0.139. The molecule has 106 valence electrons. The van der Waals surface area contributed by atoms with Crippen molar-refractivity contribution in [2.24, 2.45) is 0 Å². The van der Waals surface area contributed by atoms with Gasteiger partial charge in [0, 0.05) is 12.4 Å². The Morgan fingerprint density at radius 2 is 2.05 bits per heavy atom. The molecular weight excluding hydrogens is 268 g/mol. The highest BCUT2D eigenvalue weighted by molar-refractivity contribution is 7.89. The van der Waals surface area contributed by atoms with Gasteiger partial charge in [0.05, 0.1) is 5.75 Å². The first-order chi connectivity index (χ1) is 8.94. The van der Waals surface area contributed by atoms with E-state index in [-0.39, 0.29) is 12.2 Å². The van der Waals surface area contributed by atoms with Crippen molar-refractivity contribution in [2.45, 2.75) is 32.2 Å². The van der Waals surface area contributed by atoms with Crippen LogP contribution >= 0.6 is 0 Å². The molecule has 1 rings (SSSR count). The van der Waals surface area contributed by atoms with Crippen LogP contribution in [-0.2, 0) is 21.2 Å². The van der Waals surface area contributed by atoms with E-state index in [9.17, 15) is 13.2 Å². The van der Waals surface area contributed by atoms with Crippen molar-refractivity contribution in [3.05, 3.63) is 30.1 Å². The molecule has 0 saturated heterocycles. The van der Waals surface area contributed by atoms with Gasteiger partial charge < -0.3 is 5.11 Å². The summed E-state index contributed by atoms with van der Waals surface area (Å²) in [6, 6.07) is 2.42. The Hall–Kier alpha value is -1.47. The average Bonchev–Trinajstić information content (AvgIpc) is 2.37. The van der Waals surface area contributed by atoms with Gasteiger partial charge in [-0.05, 0) is 30.5 Å². The third-order valence-corrected chi connectivity index (χ3v) is 3.99. The zero-order valence-corrected chi connectivity index (χ0v) is 11.6. The average molecular weight is 286 g/mol. The molecule has 1 aromatic rings. The summed E-state index contributed by atoms with van der Waals surface area (Å²) in [5.41, 5.74) is 0.850. The fraction of sp³-hybridized carbons (Fsp3) is 0.500. The number of carbonyl (C=O) groups is 1. The maximum absolute atomic E-state index is 11.8. The molecule has 19 heavy (non-hydrogen) atoms. The highest BCUT2D eigenvalue weighted by Crippen LogP contribution is 2.03. The molecule has 0 aliphatic rings. The molecule has 1 aromatic heterocycles. The van der Waals surface area contributed by atoms with Gasteiger partial charge in [0.15, 0.2) is 0 Å². The van der Waals surface area contributed by atoms with Crippen LogP contribution in [0.3, 0.4) is 0 Å². The van der Waals surface area contributed by atoms with Gasteiger partial charge in [0.1, 0.15) is 6.04 Å². The number of aromatic nitrogens is 1. The monoisotopic (exact) mass is 286 g/mol. The third-order valence-electron chi connectivity index (χ3n) is 2.61. The van der Waals surface area contributed by atoms with Gasteiger partial charge in [-0.3, -0.25) is 9.78 Å². The van der Waals surface area contributed by atoms with E-state index >= 15 is 0 Å². The lowest BCUT2D eigenvalue weighted by atomic mass is 10.2. The Balaban J connectivity index is 2.58. The number of aliphatic carboxylic acids is 1. The third kappa shape index (κ3) is 5.80. The number of hydrogen-bond donors (Lipinski definition) is 2. The number of aryl methyl sites for hydroxylation is 1. The summed E-state index contributed by atoms with van der Waals surface area (Å²) in [6.45, 7) is 1.81. The highest BCUT2D eigenvalue weighted by Gasteiger charge is 2.22. The second kappa shape index (κ2) is 7.20. The van der Waals surface area contributed by atoms with Crippen molar-refractivity contribution < 1.29 is 18.3 Å². The molecule has 2 N–H and O–H groups in total. The van der Waals surface area contributed by atoms with Crippen LogP contribution in [0.2, 0.25) is 0 Å². The number of rotatable bonds is 8. The predicted molar refractivity (Wildman–Crippen MR) is 71.2 cm³/mol. The number of nitrogens with one attached hydrogen (secondary N) is 1. The largest absolute Gasteiger partial charge is 0.480 e. The second-order valence-electron chi connectivity index (χ2n) is 4.22. The minimum Gasteiger partial charge on any atom is -0.480 e. The van der Waals surface area contributed by atoms with Crippen LogP contribution in [-0.4, -0.2) is 36.3 Å². The molecule has 0 amide bonds. The van der Waals surface area contributed by atoms with Gasteiger partial charge in [0.2, 0.25) is 10.0 Å². The van der Waals surface area contributed by atoms with Gasteiger partial charge in [-0.25, -0.2) is 13.1 Å². The van der Waals surface area contributed by atoms with E-state index in [1.165, 1.54) is 0 Å². The van der Waals surface area contributed by atoms with Gasteiger partial charge in [-0.2, -0.15) is 0 Å². The zero-order valence-electron chi connectivity index (χ0n) is 10.7. The van der Waals surface area contributed by atoms with Crippen LogP contribution in [0.4, 0.5) is 0 Å². The van der Waals surface area contributed by atoms with E-state index in [0.717, 1.165) is 5.56 Å². The molecule has 0 radical (unpaired) electrons. The lowest BCUT2D eigenvalue weighted by Gasteiger charge is -2.13. The molecule has 7 heteroatoms. The van der Waals surface area contributed by atoms with Crippen molar-refractivity contribution in [3.8, 4) is 0 Å². The molecule has 0 fully saturated rings. The molecular formula is C12H18N2O4S. The minimum absolute atomic E-state index is 0.134. The predicted octanol–water partition coefficient (Wildman–Crippen LogP) is 0.797. The van der Waals surface area contributed by atoms with Crippen LogP contribution in [0.15, 0.2) is 24.5 Å². The van der Waals surface area contributed by atoms with E-state index in [1.54, 1.807) is 31.5 Å². The van der Waals surface area contributed by atoms with Crippen LogP contribution in [0.25, 0.3) is 0 Å². The van der Waals surface area contributed by atoms with Crippen LogP contribution in [0, 0.1) is 0 Å². The van der Waals surface area contributed by atoms with Gasteiger partial charge in [-0.1, -0.05) is 13.3 Å². The first kappa shape index (κ1) is 15.6. The normalized spacial score (nSPS) is 13.1. The number of sulfonamides is 1. The molecule has 0 spiro atoms. The number of carboxylic acids is 1. The van der Waals surface area contributed by atoms with E-state index in [1.807, 2.05) is 0 Å². The Kier molecular flexibility index (Phi) is 5.91. The smallest absolute Gasteiger partial charge is 0.321 e. The molecule has 0 aliphatic heterocycles. The molecule has 0 saturated carbocycles. The van der Waals surface area contributed by atoms with Crippen molar-refractivity contribution in [1.82, 2.24) is 9.71 Å². The maximum Gasteiger partial charge on any atom is 0.321 e. The fourth-order valence-electron chi connectivity index (χ4n) is 1.60. The lowest BCUT2D eigenvalue weighted by Crippen LogP contribution is -2.41.